The van der Waals surface area contributed by atoms with Crippen LogP contribution < -0.4 is 10.6 Å². The van der Waals surface area contributed by atoms with Crippen LogP contribution in [0.2, 0.25) is 0 Å². The van der Waals surface area contributed by atoms with Crippen LogP contribution in [0, 0.1) is 5.92 Å². The molecule has 3 nitrogen and oxygen atoms in total. The number of rotatable bonds is 4. The van der Waals surface area contributed by atoms with Crippen LogP contribution >= 0.6 is 15.9 Å². The quantitative estimate of drug-likeness (QED) is 0.923. The molecule has 0 bridgehead atoms. The number of benzene rings is 1. The van der Waals surface area contributed by atoms with Crippen molar-refractivity contribution < 1.29 is 0 Å². The van der Waals surface area contributed by atoms with E-state index in [1.165, 1.54) is 37.2 Å². The van der Waals surface area contributed by atoms with E-state index in [1.807, 2.05) is 0 Å². The maximum Gasteiger partial charge on any atom is 0.0378 e. The van der Waals surface area contributed by atoms with Gasteiger partial charge in [0.2, 0.25) is 0 Å². The highest BCUT2D eigenvalue weighted by Gasteiger charge is 2.18. The van der Waals surface area contributed by atoms with Crippen molar-refractivity contribution in [2.75, 3.05) is 38.6 Å². The monoisotopic (exact) mass is 325 g/mol. The Hall–Kier alpha value is -0.580. The zero-order valence-corrected chi connectivity index (χ0v) is 13.5. The lowest BCUT2D eigenvalue weighted by Gasteiger charge is -2.32. The molecule has 1 saturated heterocycles. The largest absolute Gasteiger partial charge is 0.374 e. The van der Waals surface area contributed by atoms with Gasteiger partial charge in [0.05, 0.1) is 0 Å². The van der Waals surface area contributed by atoms with Crippen molar-refractivity contribution in [3.8, 4) is 0 Å². The molecule has 1 aromatic rings. The van der Waals surface area contributed by atoms with Crippen molar-refractivity contribution in [3.05, 3.63) is 28.2 Å². The summed E-state index contributed by atoms with van der Waals surface area (Å²) in [6, 6.07) is 6.46. The molecule has 2 rings (SSSR count). The summed E-state index contributed by atoms with van der Waals surface area (Å²) in [4.78, 5) is 4.78. The number of hydrogen-bond donors (Lipinski definition) is 1. The maximum absolute atomic E-state index is 5.74. The molecule has 0 radical (unpaired) electrons. The van der Waals surface area contributed by atoms with Crippen LogP contribution in [-0.4, -0.2) is 38.6 Å². The topological polar surface area (TPSA) is 32.5 Å². The smallest absolute Gasteiger partial charge is 0.0378 e. The first kappa shape index (κ1) is 14.8. The number of halogens is 1. The SMILES string of the molecule is CN1CCC(CN(C)c2cc(Br)cc(CN)c2)CC1. The van der Waals surface area contributed by atoms with Crippen LogP contribution in [0.25, 0.3) is 0 Å². The van der Waals surface area contributed by atoms with E-state index in [9.17, 15) is 0 Å². The van der Waals surface area contributed by atoms with Gasteiger partial charge in [-0.3, -0.25) is 0 Å². The molecule has 1 heterocycles. The van der Waals surface area contributed by atoms with Gasteiger partial charge in [0.15, 0.2) is 0 Å². The highest BCUT2D eigenvalue weighted by Crippen LogP contribution is 2.24. The van der Waals surface area contributed by atoms with E-state index < -0.39 is 0 Å². The van der Waals surface area contributed by atoms with Crippen molar-refractivity contribution in [1.29, 1.82) is 0 Å². The zero-order valence-electron chi connectivity index (χ0n) is 11.9. The van der Waals surface area contributed by atoms with Gasteiger partial charge < -0.3 is 15.5 Å². The third-order valence-electron chi connectivity index (χ3n) is 3.99. The number of anilines is 1. The van der Waals surface area contributed by atoms with Crippen molar-refractivity contribution in [2.24, 2.45) is 11.7 Å². The molecule has 1 aromatic carbocycles. The normalized spacial score (nSPS) is 17.7. The Morgan fingerprint density at radius 1 is 1.32 bits per heavy atom. The molecular formula is C15H24BrN3. The Morgan fingerprint density at radius 3 is 2.63 bits per heavy atom. The summed E-state index contributed by atoms with van der Waals surface area (Å²) < 4.78 is 1.11. The second-order valence-corrected chi connectivity index (χ2v) is 6.56. The van der Waals surface area contributed by atoms with Gasteiger partial charge in [-0.1, -0.05) is 15.9 Å². The summed E-state index contributed by atoms with van der Waals surface area (Å²) in [5.41, 5.74) is 8.18. The first-order chi connectivity index (χ1) is 9.08. The molecule has 0 atom stereocenters. The van der Waals surface area contributed by atoms with Crippen molar-refractivity contribution in [2.45, 2.75) is 19.4 Å². The first-order valence-corrected chi connectivity index (χ1v) is 7.77. The summed E-state index contributed by atoms with van der Waals surface area (Å²) in [7, 11) is 4.39. The van der Waals surface area contributed by atoms with Crippen LogP contribution in [-0.2, 0) is 6.54 Å². The molecule has 0 unspecified atom stereocenters. The Morgan fingerprint density at radius 2 is 2.00 bits per heavy atom. The third-order valence-corrected chi connectivity index (χ3v) is 4.45. The summed E-state index contributed by atoms with van der Waals surface area (Å²) in [5.74, 6) is 0.807. The fourth-order valence-corrected chi connectivity index (χ4v) is 3.24. The lowest BCUT2D eigenvalue weighted by molar-refractivity contribution is 0.222. The summed E-state index contributed by atoms with van der Waals surface area (Å²) in [6.45, 7) is 4.18. The molecule has 106 valence electrons. The Kier molecular flexibility index (Phi) is 5.25. The molecular weight excluding hydrogens is 302 g/mol. The molecule has 0 aromatic heterocycles. The van der Waals surface area contributed by atoms with Gasteiger partial charge >= 0.3 is 0 Å². The van der Waals surface area contributed by atoms with Crippen LogP contribution in [0.3, 0.4) is 0 Å². The molecule has 1 aliphatic heterocycles. The molecule has 0 spiro atoms. The minimum Gasteiger partial charge on any atom is -0.374 e. The van der Waals surface area contributed by atoms with Crippen molar-refractivity contribution in [1.82, 2.24) is 4.90 Å². The van der Waals surface area contributed by atoms with E-state index >= 15 is 0 Å². The predicted octanol–water partition coefficient (Wildman–Crippen LogP) is 2.69. The minimum atomic E-state index is 0.592. The molecule has 1 fully saturated rings. The number of piperidine rings is 1. The van der Waals surface area contributed by atoms with E-state index in [0.29, 0.717) is 6.54 Å². The van der Waals surface area contributed by atoms with Crippen molar-refractivity contribution in [3.63, 3.8) is 0 Å². The summed E-state index contributed by atoms with van der Waals surface area (Å²) >= 11 is 3.57. The molecule has 4 heteroatoms. The van der Waals surface area contributed by atoms with E-state index in [2.05, 4.69) is 58.0 Å². The van der Waals surface area contributed by atoms with E-state index in [1.54, 1.807) is 0 Å². The standard InChI is InChI=1S/C15H24BrN3/c1-18-5-3-12(4-6-18)11-19(2)15-8-13(10-17)7-14(16)9-15/h7-9,12H,3-6,10-11,17H2,1-2H3. The number of nitrogens with zero attached hydrogens (tertiary/aromatic N) is 2. The average Bonchev–Trinajstić information content (AvgIpc) is 2.40. The maximum atomic E-state index is 5.74. The van der Waals surface area contributed by atoms with Crippen LogP contribution in [0.15, 0.2) is 22.7 Å². The Balaban J connectivity index is 1.99. The van der Waals surface area contributed by atoms with Crippen LogP contribution in [0.1, 0.15) is 18.4 Å². The van der Waals surface area contributed by atoms with E-state index in [0.717, 1.165) is 16.9 Å². The lowest BCUT2D eigenvalue weighted by atomic mass is 9.96. The average molecular weight is 326 g/mol. The van der Waals surface area contributed by atoms with Gasteiger partial charge in [-0.25, -0.2) is 0 Å². The highest BCUT2D eigenvalue weighted by molar-refractivity contribution is 9.10. The lowest BCUT2D eigenvalue weighted by Crippen LogP contribution is -2.35. The van der Waals surface area contributed by atoms with Crippen molar-refractivity contribution >= 4 is 21.6 Å². The van der Waals surface area contributed by atoms with Gasteiger partial charge in [-0.2, -0.15) is 0 Å². The minimum absolute atomic E-state index is 0.592. The van der Waals surface area contributed by atoms with Gasteiger partial charge in [0.25, 0.3) is 0 Å². The number of likely N-dealkylation sites (tertiary alicyclic amines) is 1. The van der Waals surface area contributed by atoms with Crippen LogP contribution in [0.5, 0.6) is 0 Å². The van der Waals surface area contributed by atoms with E-state index in [-0.39, 0.29) is 0 Å². The fraction of sp³-hybridized carbons (Fsp3) is 0.600. The number of nitrogens with two attached hydrogens (primary N) is 1. The molecule has 19 heavy (non-hydrogen) atoms. The van der Waals surface area contributed by atoms with Gasteiger partial charge in [0.1, 0.15) is 0 Å². The fourth-order valence-electron chi connectivity index (χ4n) is 2.71. The second-order valence-electron chi connectivity index (χ2n) is 5.65. The molecule has 1 aliphatic rings. The summed E-state index contributed by atoms with van der Waals surface area (Å²) in [5, 5.41) is 0. The molecule has 0 aliphatic carbocycles. The van der Waals surface area contributed by atoms with Gasteiger partial charge in [-0.05, 0) is 62.7 Å². The Labute approximate surface area is 124 Å². The first-order valence-electron chi connectivity index (χ1n) is 6.97. The zero-order chi connectivity index (χ0) is 13.8. The third kappa shape index (κ3) is 4.20. The molecule has 0 amide bonds. The molecule has 0 saturated carbocycles. The second kappa shape index (κ2) is 6.73. The van der Waals surface area contributed by atoms with Gasteiger partial charge in [-0.15, -0.1) is 0 Å². The predicted molar refractivity (Wildman–Crippen MR) is 85.5 cm³/mol. The van der Waals surface area contributed by atoms with Gasteiger partial charge in [0, 0.05) is 30.3 Å². The number of hydrogen-bond acceptors (Lipinski definition) is 3. The highest BCUT2D eigenvalue weighted by atomic mass is 79.9. The molecule has 2 N–H and O–H groups in total. The van der Waals surface area contributed by atoms with E-state index in [4.69, 9.17) is 5.73 Å². The summed E-state index contributed by atoms with van der Waals surface area (Å²) in [6.07, 6.45) is 2.61. The Bertz CT molecular complexity index is 414. The van der Waals surface area contributed by atoms with Crippen LogP contribution in [0.4, 0.5) is 5.69 Å².